The van der Waals surface area contributed by atoms with Gasteiger partial charge in [0.05, 0.1) is 7.11 Å². The van der Waals surface area contributed by atoms with E-state index in [0.29, 0.717) is 0 Å². The molecule has 6 heteroatoms. The second kappa shape index (κ2) is 19.1. The molecule has 0 aliphatic carbocycles. The van der Waals surface area contributed by atoms with Crippen LogP contribution in [0.2, 0.25) is 0 Å². The molecule has 1 aromatic rings. The van der Waals surface area contributed by atoms with E-state index in [2.05, 4.69) is 36.7 Å². The number of carbonyl (C=O) groups excluding carboxylic acids is 1. The number of carbonyl (C=O) groups is 1. The summed E-state index contributed by atoms with van der Waals surface area (Å²) in [6.45, 7) is 16.0. The molecule has 1 N–H and O–H groups in total. The number of benzene rings is 1. The Labute approximate surface area is 171 Å². The predicted octanol–water partition coefficient (Wildman–Crippen LogP) is 4.19. The minimum atomic E-state index is -0.255. The average Bonchev–Trinajstić information content (AvgIpc) is 2.78. The number of piperazine rings is 1. The minimum absolute atomic E-state index is 0.217. The number of hydrogen-bond donors (Lipinski definition) is 1. The molecule has 0 amide bonds. The molecule has 2 rings (SSSR count). The lowest BCUT2D eigenvalue weighted by Crippen LogP contribution is -2.44. The van der Waals surface area contributed by atoms with Gasteiger partial charge in [0.1, 0.15) is 6.54 Å². The van der Waals surface area contributed by atoms with Crippen LogP contribution in [0, 0.1) is 12.3 Å². The molecule has 0 bridgehead atoms. The zero-order valence-electron chi connectivity index (χ0n) is 18.0. The third-order valence-corrected chi connectivity index (χ3v) is 4.17. The zero-order valence-corrected chi connectivity index (χ0v) is 18.9. The van der Waals surface area contributed by atoms with Crippen LogP contribution in [-0.4, -0.2) is 50.1 Å². The van der Waals surface area contributed by atoms with E-state index < -0.39 is 0 Å². The summed E-state index contributed by atoms with van der Waals surface area (Å²) in [5.74, 6) is 2.37. The van der Waals surface area contributed by atoms with Crippen LogP contribution in [-0.2, 0) is 9.53 Å². The van der Waals surface area contributed by atoms with Crippen molar-refractivity contribution < 1.29 is 9.53 Å². The first-order valence-corrected chi connectivity index (χ1v) is 10.5. The number of rotatable bonds is 5. The number of hydrogen-bond acceptors (Lipinski definition) is 6. The molecular formula is C21H37N3O2S. The number of methoxy groups -OCH3 is 1. The first-order valence-electron chi connectivity index (χ1n) is 9.76. The van der Waals surface area contributed by atoms with Crippen LogP contribution in [0.1, 0.15) is 47.1 Å². The Morgan fingerprint density at radius 3 is 2.04 bits per heavy atom. The van der Waals surface area contributed by atoms with E-state index in [1.54, 1.807) is 0 Å². The summed E-state index contributed by atoms with van der Waals surface area (Å²) in [5.41, 5.74) is 2.10. The van der Waals surface area contributed by atoms with E-state index in [0.717, 1.165) is 31.7 Å². The van der Waals surface area contributed by atoms with Gasteiger partial charge in [0.15, 0.2) is 0 Å². The van der Waals surface area contributed by atoms with Crippen molar-refractivity contribution in [2.45, 2.75) is 41.5 Å². The molecule has 1 fully saturated rings. The minimum Gasteiger partial charge on any atom is -0.468 e. The number of esters is 1. The van der Waals surface area contributed by atoms with Crippen LogP contribution in [0.3, 0.4) is 0 Å². The van der Waals surface area contributed by atoms with Crippen molar-refractivity contribution in [3.05, 3.63) is 29.8 Å². The predicted molar refractivity (Wildman–Crippen MR) is 120 cm³/mol. The lowest BCUT2D eigenvalue weighted by molar-refractivity contribution is -0.139. The Morgan fingerprint density at radius 1 is 1.07 bits per heavy atom. The smallest absolute Gasteiger partial charge is 0.320 e. The summed E-state index contributed by atoms with van der Waals surface area (Å²) in [4.78, 5) is 13.3. The monoisotopic (exact) mass is 395 g/mol. The Balaban J connectivity index is 0. The van der Waals surface area contributed by atoms with E-state index in [-0.39, 0.29) is 12.5 Å². The molecule has 0 aromatic heterocycles. The summed E-state index contributed by atoms with van der Waals surface area (Å²) < 4.78 is 9.78. The van der Waals surface area contributed by atoms with Crippen molar-refractivity contribution in [1.29, 1.82) is 0 Å². The van der Waals surface area contributed by atoms with Crippen LogP contribution in [0.5, 0.6) is 0 Å². The number of nitrogens with zero attached hydrogens (tertiary/aromatic N) is 2. The molecule has 0 unspecified atom stereocenters. The van der Waals surface area contributed by atoms with E-state index in [9.17, 15) is 4.79 Å². The number of ether oxygens (including phenoxy) is 1. The highest BCUT2D eigenvalue weighted by Crippen LogP contribution is 2.19. The van der Waals surface area contributed by atoms with E-state index in [4.69, 9.17) is 6.42 Å². The summed E-state index contributed by atoms with van der Waals surface area (Å²) in [6.07, 6.45) is 5.36. The molecule has 154 valence electrons. The van der Waals surface area contributed by atoms with Crippen molar-refractivity contribution in [2.75, 3.05) is 44.7 Å². The highest BCUT2D eigenvalue weighted by molar-refractivity contribution is 7.95. The number of nitrogens with one attached hydrogen (secondary N) is 1. The number of terminal acetylenes is 1. The molecule has 0 spiro atoms. The molecule has 5 nitrogen and oxygen atoms in total. The van der Waals surface area contributed by atoms with Gasteiger partial charge in [-0.2, -0.15) is 0 Å². The van der Waals surface area contributed by atoms with E-state index >= 15 is 0 Å². The average molecular weight is 396 g/mol. The second-order valence-corrected chi connectivity index (χ2v) is 5.58. The first-order chi connectivity index (χ1) is 13.2. The maximum Gasteiger partial charge on any atom is 0.320 e. The second-order valence-electron chi connectivity index (χ2n) is 4.60. The largest absolute Gasteiger partial charge is 0.468 e. The summed E-state index contributed by atoms with van der Waals surface area (Å²) >= 11 is 1.47. The first kappa shape index (κ1) is 27.5. The molecule has 0 saturated carbocycles. The van der Waals surface area contributed by atoms with Gasteiger partial charge in [-0.1, -0.05) is 47.5 Å². The quantitative estimate of drug-likeness (QED) is 0.458. The normalized spacial score (nSPS) is 12.7. The third-order valence-electron chi connectivity index (χ3n) is 3.28. The lowest BCUT2D eigenvalue weighted by Gasteiger charge is -2.35. The Kier molecular flexibility index (Phi) is 19.5. The molecule has 0 radical (unpaired) electrons. The van der Waals surface area contributed by atoms with Crippen molar-refractivity contribution >= 4 is 23.8 Å². The topological polar surface area (TPSA) is 44.8 Å². The van der Waals surface area contributed by atoms with Gasteiger partial charge in [-0.15, -0.1) is 6.42 Å². The van der Waals surface area contributed by atoms with Gasteiger partial charge in [-0.25, -0.2) is 9.03 Å². The van der Waals surface area contributed by atoms with Crippen LogP contribution >= 0.6 is 12.1 Å². The van der Waals surface area contributed by atoms with Gasteiger partial charge in [0.25, 0.3) is 0 Å². The summed E-state index contributed by atoms with van der Waals surface area (Å²) in [7, 11) is 1.39. The highest BCUT2D eigenvalue weighted by atomic mass is 32.2. The Bertz CT molecular complexity index is 507. The SMILES string of the molecule is C#Cc1ccc(N2CCN(SNCC(=O)OC)CC2)cc1.CC.CC.CC. The Morgan fingerprint density at radius 2 is 1.59 bits per heavy atom. The highest BCUT2D eigenvalue weighted by Gasteiger charge is 2.17. The molecule has 27 heavy (non-hydrogen) atoms. The molecule has 1 heterocycles. The molecule has 0 atom stereocenters. The van der Waals surface area contributed by atoms with Crippen molar-refractivity contribution in [3.63, 3.8) is 0 Å². The Hall–Kier alpha value is -1.68. The standard InChI is InChI=1S/C15H19N3O2S.3C2H6/c1-3-13-4-6-14(7-5-13)17-8-10-18(11-9-17)21-16-12-15(19)20-2;3*1-2/h1,4-7,16H,8-12H2,2H3;3*1-2H3. The van der Waals surface area contributed by atoms with Gasteiger partial charge in [0.2, 0.25) is 0 Å². The molecule has 1 aliphatic rings. The van der Waals surface area contributed by atoms with Crippen LogP contribution in [0.4, 0.5) is 5.69 Å². The van der Waals surface area contributed by atoms with E-state index in [1.165, 1.54) is 24.9 Å². The van der Waals surface area contributed by atoms with Gasteiger partial charge < -0.3 is 9.64 Å². The van der Waals surface area contributed by atoms with Crippen molar-refractivity contribution in [2.24, 2.45) is 0 Å². The van der Waals surface area contributed by atoms with Crippen LogP contribution < -0.4 is 9.62 Å². The fourth-order valence-electron chi connectivity index (χ4n) is 2.06. The van der Waals surface area contributed by atoms with Gasteiger partial charge >= 0.3 is 5.97 Å². The fourth-order valence-corrected chi connectivity index (χ4v) is 2.77. The molecule has 1 saturated heterocycles. The van der Waals surface area contributed by atoms with Gasteiger partial charge in [0, 0.05) is 49.6 Å². The van der Waals surface area contributed by atoms with Crippen LogP contribution in [0.15, 0.2) is 24.3 Å². The molecular weight excluding hydrogens is 358 g/mol. The van der Waals surface area contributed by atoms with Crippen LogP contribution in [0.25, 0.3) is 0 Å². The third kappa shape index (κ3) is 11.6. The zero-order chi connectivity index (χ0) is 21.1. The summed E-state index contributed by atoms with van der Waals surface area (Å²) in [6, 6.07) is 8.06. The fraction of sp³-hybridized carbons (Fsp3) is 0.571. The van der Waals surface area contributed by atoms with Crippen molar-refractivity contribution in [1.82, 2.24) is 9.03 Å². The van der Waals surface area contributed by atoms with Gasteiger partial charge in [-0.3, -0.25) is 4.79 Å². The molecule has 1 aliphatic heterocycles. The van der Waals surface area contributed by atoms with Gasteiger partial charge in [-0.05, 0) is 24.3 Å². The summed E-state index contributed by atoms with van der Waals surface area (Å²) in [5, 5.41) is 0. The lowest BCUT2D eigenvalue weighted by atomic mass is 10.2. The molecule has 1 aromatic carbocycles. The maximum absolute atomic E-state index is 11.0. The number of anilines is 1. The maximum atomic E-state index is 11.0. The van der Waals surface area contributed by atoms with Crippen molar-refractivity contribution in [3.8, 4) is 12.3 Å². The van der Waals surface area contributed by atoms with E-state index in [1.807, 2.05) is 53.7 Å².